The van der Waals surface area contributed by atoms with Crippen LogP contribution in [0.4, 0.5) is 0 Å². The van der Waals surface area contributed by atoms with E-state index in [1.807, 2.05) is 0 Å². The Balaban J connectivity index is 2.20. The molecular formula is C16H25BrN2. The third-order valence-electron chi connectivity index (χ3n) is 4.13. The Bertz CT molecular complexity index is 405. The van der Waals surface area contributed by atoms with Gasteiger partial charge in [-0.2, -0.15) is 0 Å². The van der Waals surface area contributed by atoms with Crippen molar-refractivity contribution in [3.63, 3.8) is 0 Å². The van der Waals surface area contributed by atoms with Crippen molar-refractivity contribution in [2.24, 2.45) is 11.7 Å². The van der Waals surface area contributed by atoms with Crippen molar-refractivity contribution >= 4 is 15.9 Å². The van der Waals surface area contributed by atoms with Crippen LogP contribution in [0.1, 0.15) is 44.7 Å². The molecule has 1 aromatic carbocycles. The molecule has 1 aliphatic heterocycles. The fraction of sp³-hybridized carbons (Fsp3) is 0.625. The summed E-state index contributed by atoms with van der Waals surface area (Å²) >= 11 is 3.57. The molecule has 19 heavy (non-hydrogen) atoms. The van der Waals surface area contributed by atoms with Crippen LogP contribution >= 0.6 is 15.9 Å². The van der Waals surface area contributed by atoms with Gasteiger partial charge in [-0.1, -0.05) is 35.0 Å². The zero-order valence-corrected chi connectivity index (χ0v) is 13.6. The lowest BCUT2D eigenvalue weighted by molar-refractivity contribution is 0.181. The molecule has 0 amide bonds. The van der Waals surface area contributed by atoms with Crippen molar-refractivity contribution in [2.75, 3.05) is 13.1 Å². The summed E-state index contributed by atoms with van der Waals surface area (Å²) in [5, 5.41) is 0. The normalized spacial score (nSPS) is 24.7. The van der Waals surface area contributed by atoms with Crippen LogP contribution in [0, 0.1) is 5.92 Å². The summed E-state index contributed by atoms with van der Waals surface area (Å²) in [4.78, 5) is 2.58. The van der Waals surface area contributed by atoms with Crippen LogP contribution in [-0.4, -0.2) is 24.0 Å². The van der Waals surface area contributed by atoms with Crippen LogP contribution in [0.2, 0.25) is 0 Å². The monoisotopic (exact) mass is 324 g/mol. The van der Waals surface area contributed by atoms with E-state index in [0.717, 1.165) is 10.4 Å². The maximum absolute atomic E-state index is 6.28. The van der Waals surface area contributed by atoms with Gasteiger partial charge in [0, 0.05) is 16.6 Å². The molecule has 2 nitrogen and oxygen atoms in total. The fourth-order valence-electron chi connectivity index (χ4n) is 3.10. The largest absolute Gasteiger partial charge is 0.326 e. The van der Waals surface area contributed by atoms with E-state index in [2.05, 4.69) is 58.9 Å². The van der Waals surface area contributed by atoms with E-state index in [0.29, 0.717) is 6.04 Å². The molecule has 0 aliphatic carbocycles. The van der Waals surface area contributed by atoms with Crippen molar-refractivity contribution in [3.8, 4) is 0 Å². The molecule has 3 unspecified atom stereocenters. The van der Waals surface area contributed by atoms with Crippen molar-refractivity contribution in [3.05, 3.63) is 34.3 Å². The third kappa shape index (κ3) is 4.04. The second kappa shape index (κ2) is 6.87. The van der Waals surface area contributed by atoms with Crippen molar-refractivity contribution in [1.82, 2.24) is 4.90 Å². The summed E-state index contributed by atoms with van der Waals surface area (Å²) in [5.74, 6) is 0.848. The second-order valence-electron chi connectivity index (χ2n) is 5.93. The minimum Gasteiger partial charge on any atom is -0.326 e. The lowest BCUT2D eigenvalue weighted by Crippen LogP contribution is -2.40. The molecule has 1 saturated heterocycles. The Morgan fingerprint density at radius 3 is 2.79 bits per heavy atom. The number of benzene rings is 1. The van der Waals surface area contributed by atoms with E-state index in [1.165, 1.54) is 37.9 Å². The van der Waals surface area contributed by atoms with Crippen molar-refractivity contribution in [2.45, 2.75) is 45.2 Å². The average Bonchev–Trinajstić information content (AvgIpc) is 2.55. The van der Waals surface area contributed by atoms with Crippen LogP contribution in [0.5, 0.6) is 0 Å². The average molecular weight is 325 g/mol. The fourth-order valence-corrected chi connectivity index (χ4v) is 3.52. The Kier molecular flexibility index (Phi) is 5.43. The first-order chi connectivity index (χ1) is 9.08. The smallest absolute Gasteiger partial charge is 0.0496 e. The van der Waals surface area contributed by atoms with Gasteiger partial charge in [0.05, 0.1) is 0 Å². The Morgan fingerprint density at radius 2 is 2.11 bits per heavy atom. The first-order valence-electron chi connectivity index (χ1n) is 7.33. The number of rotatable bonds is 3. The highest BCUT2D eigenvalue weighted by Crippen LogP contribution is 2.29. The number of hydrogen-bond acceptors (Lipinski definition) is 2. The van der Waals surface area contributed by atoms with Gasteiger partial charge in [0.2, 0.25) is 0 Å². The van der Waals surface area contributed by atoms with Gasteiger partial charge in [-0.3, -0.25) is 4.90 Å². The second-order valence-corrected chi connectivity index (χ2v) is 6.85. The van der Waals surface area contributed by atoms with E-state index >= 15 is 0 Å². The van der Waals surface area contributed by atoms with Crippen LogP contribution in [0.15, 0.2) is 28.7 Å². The molecule has 1 aromatic rings. The molecule has 3 atom stereocenters. The molecule has 1 aliphatic rings. The Labute approximate surface area is 125 Å². The van der Waals surface area contributed by atoms with Gasteiger partial charge >= 0.3 is 0 Å². The Hall–Kier alpha value is -0.380. The highest BCUT2D eigenvalue weighted by molar-refractivity contribution is 9.10. The molecule has 0 saturated carbocycles. The number of likely N-dealkylation sites (tertiary alicyclic amines) is 1. The van der Waals surface area contributed by atoms with Gasteiger partial charge in [0.15, 0.2) is 0 Å². The van der Waals surface area contributed by atoms with E-state index in [4.69, 9.17) is 5.73 Å². The number of nitrogens with two attached hydrogens (primary N) is 1. The SMILES string of the molecule is CC1CCCN(C(c2cccc(Br)c2)C(C)N)CC1. The molecule has 106 valence electrons. The summed E-state index contributed by atoms with van der Waals surface area (Å²) in [5.41, 5.74) is 7.61. The number of hydrogen-bond donors (Lipinski definition) is 1. The minimum absolute atomic E-state index is 0.155. The lowest BCUT2D eigenvalue weighted by atomic mass is 9.99. The predicted molar refractivity (Wildman–Crippen MR) is 85.1 cm³/mol. The van der Waals surface area contributed by atoms with Gasteiger partial charge in [-0.15, -0.1) is 0 Å². The Morgan fingerprint density at radius 1 is 1.32 bits per heavy atom. The van der Waals surface area contributed by atoms with Gasteiger partial charge in [-0.25, -0.2) is 0 Å². The molecule has 2 rings (SSSR count). The minimum atomic E-state index is 0.155. The van der Waals surface area contributed by atoms with Gasteiger partial charge in [0.1, 0.15) is 0 Å². The zero-order chi connectivity index (χ0) is 13.8. The molecule has 3 heteroatoms. The van der Waals surface area contributed by atoms with E-state index in [1.54, 1.807) is 0 Å². The summed E-state index contributed by atoms with van der Waals surface area (Å²) < 4.78 is 1.14. The highest BCUT2D eigenvalue weighted by atomic mass is 79.9. The zero-order valence-electron chi connectivity index (χ0n) is 12.0. The van der Waals surface area contributed by atoms with E-state index in [9.17, 15) is 0 Å². The van der Waals surface area contributed by atoms with Crippen LogP contribution < -0.4 is 5.73 Å². The standard InChI is InChI=1S/C16H25BrN2/c1-12-5-4-9-19(10-8-12)16(13(2)18)14-6-3-7-15(17)11-14/h3,6-7,11-13,16H,4-5,8-10,18H2,1-2H3. The molecule has 0 radical (unpaired) electrons. The summed E-state index contributed by atoms with van der Waals surface area (Å²) in [6.07, 6.45) is 3.93. The quantitative estimate of drug-likeness (QED) is 0.911. The topological polar surface area (TPSA) is 29.3 Å². The molecule has 0 aromatic heterocycles. The molecule has 1 heterocycles. The number of nitrogens with zero attached hydrogens (tertiary/aromatic N) is 1. The maximum Gasteiger partial charge on any atom is 0.0496 e. The summed E-state index contributed by atoms with van der Waals surface area (Å²) in [6.45, 7) is 6.83. The van der Waals surface area contributed by atoms with Crippen LogP contribution in [0.25, 0.3) is 0 Å². The highest BCUT2D eigenvalue weighted by Gasteiger charge is 2.26. The van der Waals surface area contributed by atoms with E-state index in [-0.39, 0.29) is 6.04 Å². The van der Waals surface area contributed by atoms with Crippen LogP contribution in [-0.2, 0) is 0 Å². The molecule has 0 spiro atoms. The lowest BCUT2D eigenvalue weighted by Gasteiger charge is -2.34. The molecular weight excluding hydrogens is 300 g/mol. The van der Waals surface area contributed by atoms with Gasteiger partial charge in [0.25, 0.3) is 0 Å². The number of halogens is 1. The third-order valence-corrected chi connectivity index (χ3v) is 4.63. The van der Waals surface area contributed by atoms with Crippen molar-refractivity contribution < 1.29 is 0 Å². The molecule has 1 fully saturated rings. The van der Waals surface area contributed by atoms with Gasteiger partial charge in [-0.05, 0) is 62.9 Å². The summed E-state index contributed by atoms with van der Waals surface area (Å²) in [6, 6.07) is 9.09. The predicted octanol–water partition coefficient (Wildman–Crippen LogP) is 3.96. The van der Waals surface area contributed by atoms with Crippen molar-refractivity contribution in [1.29, 1.82) is 0 Å². The molecule has 2 N–H and O–H groups in total. The van der Waals surface area contributed by atoms with Crippen LogP contribution in [0.3, 0.4) is 0 Å². The molecule has 0 bridgehead atoms. The first-order valence-corrected chi connectivity index (χ1v) is 8.12. The maximum atomic E-state index is 6.28. The van der Waals surface area contributed by atoms with Gasteiger partial charge < -0.3 is 5.73 Å². The first kappa shape index (κ1) is 15.0. The van der Waals surface area contributed by atoms with E-state index < -0.39 is 0 Å². The summed E-state index contributed by atoms with van der Waals surface area (Å²) in [7, 11) is 0.